The smallest absolute Gasteiger partial charge is 0.305 e. The van der Waals surface area contributed by atoms with Gasteiger partial charge in [-0.3, -0.25) is 19.2 Å². The third-order valence-corrected chi connectivity index (χ3v) is 2.94. The number of carbonyl (C=O) groups excluding carboxylic acids is 2. The van der Waals surface area contributed by atoms with Crippen molar-refractivity contribution in [2.45, 2.75) is 52.1 Å². The second-order valence-electron chi connectivity index (χ2n) is 5.32. The number of nitrogens with one attached hydrogen (secondary N) is 2. The van der Waals surface area contributed by atoms with E-state index < -0.39 is 54.5 Å². The van der Waals surface area contributed by atoms with Gasteiger partial charge in [-0.1, -0.05) is 20.8 Å². The summed E-state index contributed by atoms with van der Waals surface area (Å²) >= 11 is 0. The molecule has 0 spiro atoms. The molecule has 0 aliphatic rings. The van der Waals surface area contributed by atoms with E-state index >= 15 is 0 Å². The van der Waals surface area contributed by atoms with E-state index in [1.165, 1.54) is 0 Å². The Labute approximate surface area is 129 Å². The van der Waals surface area contributed by atoms with Crippen molar-refractivity contribution >= 4 is 23.6 Å². The fourth-order valence-corrected chi connectivity index (χ4v) is 1.82. The minimum Gasteiger partial charge on any atom is -0.481 e. The lowest BCUT2D eigenvalue weighted by molar-refractivity contribution is -0.142. The second kappa shape index (κ2) is 9.88. The molecule has 0 rings (SSSR count). The highest BCUT2D eigenvalue weighted by Crippen LogP contribution is 2.05. The van der Waals surface area contributed by atoms with Crippen LogP contribution < -0.4 is 10.6 Å². The molecule has 22 heavy (non-hydrogen) atoms. The van der Waals surface area contributed by atoms with E-state index in [9.17, 15) is 19.2 Å². The molecule has 1 amide bonds. The first-order valence-corrected chi connectivity index (χ1v) is 7.20. The predicted octanol–water partition coefficient (Wildman–Crippen LogP) is 0.0139. The van der Waals surface area contributed by atoms with Gasteiger partial charge in [-0.25, -0.2) is 0 Å². The fraction of sp³-hybridized carbons (Fsp3) is 0.714. The average Bonchev–Trinajstić information content (AvgIpc) is 2.40. The van der Waals surface area contributed by atoms with Crippen molar-refractivity contribution in [2.75, 3.05) is 6.54 Å². The van der Waals surface area contributed by atoms with Gasteiger partial charge in [0.1, 0.15) is 0 Å². The van der Waals surface area contributed by atoms with Crippen molar-refractivity contribution in [1.82, 2.24) is 10.6 Å². The summed E-state index contributed by atoms with van der Waals surface area (Å²) in [5, 5.41) is 22.8. The summed E-state index contributed by atoms with van der Waals surface area (Å²) in [6.45, 7) is 5.51. The number of ketones is 1. The Hall–Kier alpha value is -1.96. The van der Waals surface area contributed by atoms with Crippen LogP contribution in [0.25, 0.3) is 0 Å². The Bertz CT molecular complexity index is 422. The minimum atomic E-state index is -1.21. The zero-order chi connectivity index (χ0) is 17.3. The Morgan fingerprint density at radius 2 is 1.45 bits per heavy atom. The molecule has 0 aliphatic carbocycles. The molecule has 0 aromatic heterocycles. The number of aliphatic carboxylic acids is 2. The highest BCUT2D eigenvalue weighted by Gasteiger charge is 2.29. The van der Waals surface area contributed by atoms with Gasteiger partial charge < -0.3 is 20.8 Å². The molecule has 0 bridgehead atoms. The molecular formula is C14H24N2O6. The van der Waals surface area contributed by atoms with Crippen LogP contribution in [0.1, 0.15) is 40.0 Å². The third kappa shape index (κ3) is 7.72. The first kappa shape index (κ1) is 20.0. The summed E-state index contributed by atoms with van der Waals surface area (Å²) in [6.07, 6.45) is -0.273. The number of carboxylic acids is 2. The van der Waals surface area contributed by atoms with Crippen molar-refractivity contribution in [3.63, 3.8) is 0 Å². The topological polar surface area (TPSA) is 133 Å². The van der Waals surface area contributed by atoms with Gasteiger partial charge in [-0.15, -0.1) is 0 Å². The number of hydrogen-bond acceptors (Lipinski definition) is 5. The number of hydrogen-bond donors (Lipinski definition) is 4. The Morgan fingerprint density at radius 3 is 1.86 bits per heavy atom. The monoisotopic (exact) mass is 316 g/mol. The maximum Gasteiger partial charge on any atom is 0.305 e. The van der Waals surface area contributed by atoms with Crippen LogP contribution in [0.5, 0.6) is 0 Å². The SMILES string of the molecule is CCCNC(CC(=O)O)C(=O)NC(CC(=O)O)C(=O)C(C)C. The maximum atomic E-state index is 12.1. The first-order chi connectivity index (χ1) is 10.2. The molecule has 2 unspecified atom stereocenters. The lowest BCUT2D eigenvalue weighted by Crippen LogP contribution is -2.52. The van der Waals surface area contributed by atoms with E-state index in [1.807, 2.05) is 6.92 Å². The predicted molar refractivity (Wildman–Crippen MR) is 78.4 cm³/mol. The second-order valence-corrected chi connectivity index (χ2v) is 5.32. The number of carboxylic acid groups (broad SMARTS) is 2. The van der Waals surface area contributed by atoms with Crippen LogP contribution in [0.4, 0.5) is 0 Å². The standard InChI is InChI=1S/C14H24N2O6/c1-4-5-15-10(7-12(19)20)14(22)16-9(6-11(17)18)13(21)8(2)3/h8-10,15H,4-7H2,1-3H3,(H,16,22)(H,17,18)(H,19,20). The number of rotatable bonds is 11. The molecule has 0 radical (unpaired) electrons. The van der Waals surface area contributed by atoms with Crippen LogP contribution in [0.3, 0.4) is 0 Å². The highest BCUT2D eigenvalue weighted by molar-refractivity contribution is 5.95. The van der Waals surface area contributed by atoms with Crippen LogP contribution in [-0.2, 0) is 19.2 Å². The van der Waals surface area contributed by atoms with Gasteiger partial charge in [-0.05, 0) is 13.0 Å². The molecule has 126 valence electrons. The zero-order valence-corrected chi connectivity index (χ0v) is 13.1. The Kier molecular flexibility index (Phi) is 9.00. The number of amides is 1. The molecule has 0 saturated heterocycles. The largest absolute Gasteiger partial charge is 0.481 e. The van der Waals surface area contributed by atoms with E-state index in [-0.39, 0.29) is 0 Å². The lowest BCUT2D eigenvalue weighted by atomic mass is 9.98. The molecule has 0 heterocycles. The highest BCUT2D eigenvalue weighted by atomic mass is 16.4. The summed E-state index contributed by atoms with van der Waals surface area (Å²) in [4.78, 5) is 45.7. The van der Waals surface area contributed by atoms with Crippen molar-refractivity contribution in [3.05, 3.63) is 0 Å². The van der Waals surface area contributed by atoms with Gasteiger partial charge in [0.05, 0.1) is 24.9 Å². The van der Waals surface area contributed by atoms with Gasteiger partial charge in [0, 0.05) is 5.92 Å². The first-order valence-electron chi connectivity index (χ1n) is 7.20. The third-order valence-electron chi connectivity index (χ3n) is 2.94. The average molecular weight is 316 g/mol. The zero-order valence-electron chi connectivity index (χ0n) is 13.1. The summed E-state index contributed by atoms with van der Waals surface area (Å²) < 4.78 is 0. The molecule has 0 fully saturated rings. The summed E-state index contributed by atoms with van der Waals surface area (Å²) in [5.41, 5.74) is 0. The van der Waals surface area contributed by atoms with E-state index in [2.05, 4.69) is 10.6 Å². The number of carbonyl (C=O) groups is 4. The van der Waals surface area contributed by atoms with E-state index in [1.54, 1.807) is 13.8 Å². The van der Waals surface area contributed by atoms with Gasteiger partial charge in [-0.2, -0.15) is 0 Å². The van der Waals surface area contributed by atoms with Crippen molar-refractivity contribution in [2.24, 2.45) is 5.92 Å². The molecule has 4 N–H and O–H groups in total. The van der Waals surface area contributed by atoms with Gasteiger partial charge in [0.15, 0.2) is 5.78 Å². The molecule has 2 atom stereocenters. The fourth-order valence-electron chi connectivity index (χ4n) is 1.82. The molecule has 0 aliphatic heterocycles. The number of Topliss-reactive ketones (excluding diaryl/α,β-unsaturated/α-hetero) is 1. The molecular weight excluding hydrogens is 292 g/mol. The van der Waals surface area contributed by atoms with E-state index in [0.717, 1.165) is 0 Å². The Morgan fingerprint density at radius 1 is 0.955 bits per heavy atom. The van der Waals surface area contributed by atoms with Gasteiger partial charge >= 0.3 is 11.9 Å². The molecule has 0 aromatic carbocycles. The van der Waals surface area contributed by atoms with E-state index in [0.29, 0.717) is 13.0 Å². The van der Waals surface area contributed by atoms with Crippen LogP contribution in [0.2, 0.25) is 0 Å². The molecule has 0 aromatic rings. The van der Waals surface area contributed by atoms with Gasteiger partial charge in [0.2, 0.25) is 5.91 Å². The summed E-state index contributed by atoms with van der Waals surface area (Å²) in [5.74, 6) is -3.90. The lowest BCUT2D eigenvalue weighted by Gasteiger charge is -2.22. The normalized spacial score (nSPS) is 13.5. The van der Waals surface area contributed by atoms with Crippen LogP contribution >= 0.6 is 0 Å². The maximum absolute atomic E-state index is 12.1. The summed E-state index contributed by atoms with van der Waals surface area (Å²) in [7, 11) is 0. The van der Waals surface area contributed by atoms with Gasteiger partial charge in [0.25, 0.3) is 0 Å². The van der Waals surface area contributed by atoms with Crippen LogP contribution in [0.15, 0.2) is 0 Å². The Balaban J connectivity index is 4.96. The van der Waals surface area contributed by atoms with Crippen molar-refractivity contribution in [1.29, 1.82) is 0 Å². The quantitative estimate of drug-likeness (QED) is 0.422. The molecule has 8 nitrogen and oxygen atoms in total. The van der Waals surface area contributed by atoms with Crippen LogP contribution in [0, 0.1) is 5.92 Å². The minimum absolute atomic E-state index is 0.402. The molecule has 0 saturated carbocycles. The molecule has 8 heteroatoms. The summed E-state index contributed by atoms with van der Waals surface area (Å²) in [6, 6.07) is -2.17. The van der Waals surface area contributed by atoms with Crippen molar-refractivity contribution < 1.29 is 29.4 Å². The van der Waals surface area contributed by atoms with Crippen molar-refractivity contribution in [3.8, 4) is 0 Å². The van der Waals surface area contributed by atoms with E-state index in [4.69, 9.17) is 10.2 Å². The van der Waals surface area contributed by atoms with Crippen LogP contribution in [-0.4, -0.2) is 52.5 Å².